The fraction of sp³-hybridized carbons (Fsp3) is 0.571. The van der Waals surface area contributed by atoms with Crippen LogP contribution in [0, 0.1) is 5.92 Å². The van der Waals surface area contributed by atoms with E-state index in [2.05, 4.69) is 18.2 Å². The summed E-state index contributed by atoms with van der Waals surface area (Å²) in [6.07, 6.45) is 4.86. The first-order chi connectivity index (χ1) is 7.79. The Balaban J connectivity index is 2.00. The van der Waals surface area contributed by atoms with Gasteiger partial charge < -0.3 is 10.5 Å². The van der Waals surface area contributed by atoms with Crippen molar-refractivity contribution in [2.45, 2.75) is 38.6 Å². The summed E-state index contributed by atoms with van der Waals surface area (Å²) in [5.74, 6) is 1.64. The predicted octanol–water partition coefficient (Wildman–Crippen LogP) is 2.76. The summed E-state index contributed by atoms with van der Waals surface area (Å²) in [5.41, 5.74) is 7.45. The third-order valence-corrected chi connectivity index (χ3v) is 3.43. The molecular formula is C14H21NO. The molecule has 0 radical (unpaired) electrons. The number of benzene rings is 1. The van der Waals surface area contributed by atoms with E-state index in [1.807, 2.05) is 13.0 Å². The topological polar surface area (TPSA) is 35.2 Å². The Morgan fingerprint density at radius 2 is 2.25 bits per heavy atom. The van der Waals surface area contributed by atoms with E-state index in [-0.39, 0.29) is 0 Å². The van der Waals surface area contributed by atoms with Crippen LogP contribution in [0.5, 0.6) is 5.75 Å². The highest BCUT2D eigenvalue weighted by Gasteiger charge is 2.23. The molecule has 2 unspecified atom stereocenters. The van der Waals surface area contributed by atoms with E-state index in [9.17, 15) is 0 Å². The Hall–Kier alpha value is -1.02. The van der Waals surface area contributed by atoms with Crippen LogP contribution in [0.25, 0.3) is 0 Å². The van der Waals surface area contributed by atoms with Gasteiger partial charge in [-0.2, -0.15) is 0 Å². The molecule has 1 aliphatic carbocycles. The molecule has 1 aromatic rings. The third-order valence-electron chi connectivity index (χ3n) is 3.43. The molecule has 0 aliphatic heterocycles. The smallest absolute Gasteiger partial charge is 0.119 e. The first kappa shape index (κ1) is 11.5. The average molecular weight is 219 g/mol. The molecular weight excluding hydrogens is 198 g/mol. The minimum Gasteiger partial charge on any atom is -0.494 e. The zero-order valence-corrected chi connectivity index (χ0v) is 9.99. The van der Waals surface area contributed by atoms with Crippen molar-refractivity contribution < 1.29 is 4.74 Å². The van der Waals surface area contributed by atoms with Gasteiger partial charge in [-0.1, -0.05) is 18.6 Å². The second kappa shape index (κ2) is 5.35. The number of hydrogen-bond acceptors (Lipinski definition) is 2. The van der Waals surface area contributed by atoms with Gasteiger partial charge >= 0.3 is 0 Å². The average Bonchev–Trinajstić information content (AvgIpc) is 2.66. The van der Waals surface area contributed by atoms with Gasteiger partial charge in [0.1, 0.15) is 5.75 Å². The van der Waals surface area contributed by atoms with Gasteiger partial charge in [-0.3, -0.25) is 0 Å². The van der Waals surface area contributed by atoms with Gasteiger partial charge in [0.05, 0.1) is 6.61 Å². The Kier molecular flexibility index (Phi) is 3.83. The summed E-state index contributed by atoms with van der Waals surface area (Å²) >= 11 is 0. The molecule has 2 nitrogen and oxygen atoms in total. The van der Waals surface area contributed by atoms with Crippen LogP contribution in [-0.2, 0) is 6.42 Å². The molecule has 2 heteroatoms. The maximum Gasteiger partial charge on any atom is 0.119 e. The Bertz CT molecular complexity index is 337. The van der Waals surface area contributed by atoms with Gasteiger partial charge in [-0.25, -0.2) is 0 Å². The van der Waals surface area contributed by atoms with Crippen molar-refractivity contribution >= 4 is 0 Å². The number of rotatable bonds is 4. The maximum absolute atomic E-state index is 6.09. The lowest BCUT2D eigenvalue weighted by Crippen LogP contribution is -2.25. The van der Waals surface area contributed by atoms with Gasteiger partial charge in [-0.05, 0) is 49.8 Å². The minimum absolute atomic E-state index is 0.399. The lowest BCUT2D eigenvalue weighted by atomic mass is 9.95. The van der Waals surface area contributed by atoms with Crippen molar-refractivity contribution in [3.8, 4) is 5.75 Å². The molecule has 0 bridgehead atoms. The highest BCUT2D eigenvalue weighted by Crippen LogP contribution is 2.28. The normalized spacial score (nSPS) is 24.6. The molecule has 16 heavy (non-hydrogen) atoms. The van der Waals surface area contributed by atoms with E-state index >= 15 is 0 Å². The van der Waals surface area contributed by atoms with Gasteiger partial charge in [0.15, 0.2) is 0 Å². The largest absolute Gasteiger partial charge is 0.494 e. The van der Waals surface area contributed by atoms with Crippen LogP contribution < -0.4 is 10.5 Å². The van der Waals surface area contributed by atoms with Crippen LogP contribution in [0.3, 0.4) is 0 Å². The first-order valence-electron chi connectivity index (χ1n) is 6.27. The highest BCUT2D eigenvalue weighted by molar-refractivity contribution is 5.29. The van der Waals surface area contributed by atoms with Crippen LogP contribution in [0.4, 0.5) is 0 Å². The molecule has 1 aliphatic rings. The lowest BCUT2D eigenvalue weighted by molar-refractivity contribution is 0.339. The number of hydrogen-bond donors (Lipinski definition) is 1. The zero-order chi connectivity index (χ0) is 11.4. The van der Waals surface area contributed by atoms with Crippen LogP contribution in [0.2, 0.25) is 0 Å². The first-order valence-corrected chi connectivity index (χ1v) is 6.27. The molecule has 0 amide bonds. The summed E-state index contributed by atoms with van der Waals surface area (Å²) in [7, 11) is 0. The molecule has 1 fully saturated rings. The quantitative estimate of drug-likeness (QED) is 0.845. The van der Waals surface area contributed by atoms with Crippen molar-refractivity contribution in [3.63, 3.8) is 0 Å². The molecule has 2 atom stereocenters. The van der Waals surface area contributed by atoms with E-state index < -0.39 is 0 Å². The Morgan fingerprint density at radius 3 is 2.94 bits per heavy atom. The van der Waals surface area contributed by atoms with Crippen LogP contribution in [0.15, 0.2) is 24.3 Å². The number of ether oxygens (including phenoxy) is 1. The summed E-state index contributed by atoms with van der Waals surface area (Å²) in [5, 5.41) is 0. The molecule has 0 heterocycles. The van der Waals surface area contributed by atoms with Crippen molar-refractivity contribution in [1.29, 1.82) is 0 Å². The van der Waals surface area contributed by atoms with Crippen LogP contribution in [0.1, 0.15) is 31.7 Å². The maximum atomic E-state index is 6.09. The monoisotopic (exact) mass is 219 g/mol. The Labute approximate surface area is 97.8 Å². The molecule has 1 aromatic carbocycles. The summed E-state index contributed by atoms with van der Waals surface area (Å²) in [6.45, 7) is 2.74. The van der Waals surface area contributed by atoms with Crippen LogP contribution >= 0.6 is 0 Å². The predicted molar refractivity (Wildman–Crippen MR) is 66.6 cm³/mol. The molecule has 0 saturated heterocycles. The van der Waals surface area contributed by atoms with Gasteiger partial charge in [0, 0.05) is 6.04 Å². The Morgan fingerprint density at radius 1 is 1.38 bits per heavy atom. The second-order valence-electron chi connectivity index (χ2n) is 4.64. The molecule has 88 valence electrons. The van der Waals surface area contributed by atoms with Crippen molar-refractivity contribution in [3.05, 3.63) is 29.8 Å². The van der Waals surface area contributed by atoms with E-state index in [4.69, 9.17) is 10.5 Å². The van der Waals surface area contributed by atoms with E-state index in [1.54, 1.807) is 0 Å². The number of nitrogens with two attached hydrogens (primary N) is 1. The van der Waals surface area contributed by atoms with E-state index in [1.165, 1.54) is 24.8 Å². The van der Waals surface area contributed by atoms with Crippen molar-refractivity contribution in [1.82, 2.24) is 0 Å². The van der Waals surface area contributed by atoms with Crippen molar-refractivity contribution in [2.75, 3.05) is 6.61 Å². The molecule has 2 N–H and O–H groups in total. The van der Waals surface area contributed by atoms with E-state index in [0.29, 0.717) is 12.0 Å². The van der Waals surface area contributed by atoms with E-state index in [0.717, 1.165) is 18.8 Å². The minimum atomic E-state index is 0.399. The van der Waals surface area contributed by atoms with Crippen LogP contribution in [-0.4, -0.2) is 12.6 Å². The summed E-state index contributed by atoms with van der Waals surface area (Å²) in [4.78, 5) is 0. The molecule has 1 saturated carbocycles. The highest BCUT2D eigenvalue weighted by atomic mass is 16.5. The fourth-order valence-electron chi connectivity index (χ4n) is 2.55. The lowest BCUT2D eigenvalue weighted by Gasteiger charge is -2.15. The fourth-order valence-corrected chi connectivity index (χ4v) is 2.55. The standard InChI is InChI=1S/C14H21NO/c1-2-16-13-7-3-5-11(10-13)9-12-6-4-8-14(12)15/h3,5,7,10,12,14H,2,4,6,8-9,15H2,1H3. The van der Waals surface area contributed by atoms with Gasteiger partial charge in [0.2, 0.25) is 0 Å². The molecule has 2 rings (SSSR count). The van der Waals surface area contributed by atoms with Gasteiger partial charge in [-0.15, -0.1) is 0 Å². The SMILES string of the molecule is CCOc1cccc(CC2CCCC2N)c1. The zero-order valence-electron chi connectivity index (χ0n) is 9.99. The second-order valence-corrected chi connectivity index (χ2v) is 4.64. The molecule has 0 spiro atoms. The molecule has 0 aromatic heterocycles. The van der Waals surface area contributed by atoms with Gasteiger partial charge in [0.25, 0.3) is 0 Å². The summed E-state index contributed by atoms with van der Waals surface area (Å²) in [6, 6.07) is 8.81. The van der Waals surface area contributed by atoms with Crippen molar-refractivity contribution in [2.24, 2.45) is 11.7 Å². The third kappa shape index (κ3) is 2.76. The summed E-state index contributed by atoms with van der Waals surface area (Å²) < 4.78 is 5.51.